The first-order chi connectivity index (χ1) is 7.52. The highest BCUT2D eigenvalue weighted by Gasteiger charge is 2.40. The summed E-state index contributed by atoms with van der Waals surface area (Å²) in [5.74, 6) is 0. The largest absolute Gasteiger partial charge is 0.637 e. The minimum absolute atomic E-state index is 0.172. The summed E-state index contributed by atoms with van der Waals surface area (Å²) in [7, 11) is -1.05. The smallest absolute Gasteiger partial charge is 0.402 e. The third-order valence-corrected chi connectivity index (χ3v) is 4.09. The lowest BCUT2D eigenvalue weighted by Crippen LogP contribution is -2.41. The van der Waals surface area contributed by atoms with E-state index in [1.54, 1.807) is 0 Å². The molecule has 0 aliphatic heterocycles. The normalized spacial score (nSPS) is 27.2. The predicted octanol–water partition coefficient (Wildman–Crippen LogP) is 2.66. The van der Waals surface area contributed by atoms with Crippen molar-refractivity contribution in [3.8, 4) is 0 Å². The van der Waals surface area contributed by atoms with Gasteiger partial charge in [-0.05, 0) is 39.5 Å². The summed E-state index contributed by atoms with van der Waals surface area (Å²) in [5.41, 5.74) is -0.344. The quantitative estimate of drug-likeness (QED) is 0.749. The number of hydrogen-bond acceptors (Lipinski definition) is 3. The van der Waals surface area contributed by atoms with E-state index in [0.29, 0.717) is 0 Å². The fraction of sp³-hybridized carbons (Fsp3) is 1.00. The first kappa shape index (κ1) is 12.4. The van der Waals surface area contributed by atoms with Gasteiger partial charge < -0.3 is 14.3 Å². The molecule has 4 heteroatoms. The van der Waals surface area contributed by atoms with Crippen LogP contribution in [0.25, 0.3) is 0 Å². The first-order valence-electron chi connectivity index (χ1n) is 6.55. The summed E-state index contributed by atoms with van der Waals surface area (Å²) in [6.45, 7) is 4.15. The molecule has 0 aromatic rings. The van der Waals surface area contributed by atoms with E-state index in [0.717, 1.165) is 25.7 Å². The molecule has 0 aromatic carbocycles. The second-order valence-electron chi connectivity index (χ2n) is 5.86. The Morgan fingerprint density at radius 3 is 1.44 bits per heavy atom. The van der Waals surface area contributed by atoms with Gasteiger partial charge in [0, 0.05) is 0 Å². The molecule has 0 saturated heterocycles. The minimum atomic E-state index is -1.05. The average Bonchev–Trinajstić information content (AvgIpc) is 2.75. The zero-order valence-corrected chi connectivity index (χ0v) is 10.5. The Morgan fingerprint density at radius 1 is 0.812 bits per heavy atom. The maximum atomic E-state index is 9.86. The molecule has 0 amide bonds. The number of hydrogen-bond donors (Lipinski definition) is 1. The van der Waals surface area contributed by atoms with Gasteiger partial charge in [-0.2, -0.15) is 0 Å². The molecule has 2 rings (SSSR count). The van der Waals surface area contributed by atoms with Crippen LogP contribution in [0.1, 0.15) is 65.2 Å². The molecular formula is C12H23BO3. The van der Waals surface area contributed by atoms with Gasteiger partial charge in [-0.15, -0.1) is 0 Å². The van der Waals surface area contributed by atoms with Crippen LogP contribution in [0.2, 0.25) is 0 Å². The Hall–Kier alpha value is -0.0551. The van der Waals surface area contributed by atoms with Crippen LogP contribution in [0.3, 0.4) is 0 Å². The monoisotopic (exact) mass is 226 g/mol. The van der Waals surface area contributed by atoms with E-state index < -0.39 is 7.32 Å². The maximum absolute atomic E-state index is 9.86. The lowest BCUT2D eigenvalue weighted by Gasteiger charge is -2.31. The molecule has 92 valence electrons. The van der Waals surface area contributed by atoms with Crippen molar-refractivity contribution in [3.63, 3.8) is 0 Å². The Kier molecular flexibility index (Phi) is 3.62. The highest BCUT2D eigenvalue weighted by Crippen LogP contribution is 2.36. The van der Waals surface area contributed by atoms with Crippen LogP contribution in [0.5, 0.6) is 0 Å². The molecule has 2 aliphatic carbocycles. The Balaban J connectivity index is 1.81. The lowest BCUT2D eigenvalue weighted by atomic mass is 9.99. The SMILES string of the molecule is CC1(OB(O)OC2(C)CCCC2)CCCC1. The van der Waals surface area contributed by atoms with Crippen LogP contribution in [0.15, 0.2) is 0 Å². The number of rotatable bonds is 4. The Morgan fingerprint density at radius 2 is 1.12 bits per heavy atom. The zero-order chi connectivity index (χ0) is 11.6. The second-order valence-corrected chi connectivity index (χ2v) is 5.86. The molecule has 2 saturated carbocycles. The van der Waals surface area contributed by atoms with E-state index in [2.05, 4.69) is 13.8 Å². The molecule has 3 nitrogen and oxygen atoms in total. The molecular weight excluding hydrogens is 203 g/mol. The Bertz CT molecular complexity index is 208. The molecule has 0 atom stereocenters. The summed E-state index contributed by atoms with van der Waals surface area (Å²) in [6, 6.07) is 0. The molecule has 0 spiro atoms. The van der Waals surface area contributed by atoms with Crippen LogP contribution in [-0.4, -0.2) is 23.5 Å². The van der Waals surface area contributed by atoms with Crippen molar-refractivity contribution in [2.75, 3.05) is 0 Å². The molecule has 1 N–H and O–H groups in total. The van der Waals surface area contributed by atoms with Crippen molar-refractivity contribution in [1.82, 2.24) is 0 Å². The average molecular weight is 226 g/mol. The van der Waals surface area contributed by atoms with Gasteiger partial charge in [0.1, 0.15) is 0 Å². The fourth-order valence-corrected chi connectivity index (χ4v) is 2.99. The first-order valence-corrected chi connectivity index (χ1v) is 6.55. The standard InChI is InChI=1S/C12H23BO3/c1-11(7-3-4-8-11)15-13(14)16-12(2)9-5-6-10-12/h14H,3-10H2,1-2H3. The van der Waals surface area contributed by atoms with E-state index in [1.165, 1.54) is 25.7 Å². The Labute approximate surface area is 98.7 Å². The highest BCUT2D eigenvalue weighted by molar-refractivity contribution is 6.34. The molecule has 16 heavy (non-hydrogen) atoms. The van der Waals surface area contributed by atoms with E-state index in [1.807, 2.05) is 0 Å². The molecule has 0 heterocycles. The third-order valence-electron chi connectivity index (χ3n) is 4.09. The second kappa shape index (κ2) is 4.67. The summed E-state index contributed by atoms with van der Waals surface area (Å²) in [4.78, 5) is 0. The predicted molar refractivity (Wildman–Crippen MR) is 63.9 cm³/mol. The minimum Gasteiger partial charge on any atom is -0.402 e. The van der Waals surface area contributed by atoms with Gasteiger partial charge in [-0.1, -0.05) is 25.7 Å². The third kappa shape index (κ3) is 2.99. The molecule has 2 fully saturated rings. The van der Waals surface area contributed by atoms with Crippen molar-refractivity contribution in [3.05, 3.63) is 0 Å². The van der Waals surface area contributed by atoms with Gasteiger partial charge in [0.15, 0.2) is 0 Å². The summed E-state index contributed by atoms with van der Waals surface area (Å²) < 4.78 is 11.3. The van der Waals surface area contributed by atoms with Crippen molar-refractivity contribution >= 4 is 7.32 Å². The maximum Gasteiger partial charge on any atom is 0.637 e. The topological polar surface area (TPSA) is 38.7 Å². The molecule has 0 bridgehead atoms. The van der Waals surface area contributed by atoms with Gasteiger partial charge in [-0.3, -0.25) is 0 Å². The summed E-state index contributed by atoms with van der Waals surface area (Å²) in [5, 5.41) is 9.86. The van der Waals surface area contributed by atoms with Gasteiger partial charge in [0.25, 0.3) is 0 Å². The molecule has 0 unspecified atom stereocenters. The van der Waals surface area contributed by atoms with Crippen molar-refractivity contribution in [1.29, 1.82) is 0 Å². The van der Waals surface area contributed by atoms with Gasteiger partial charge >= 0.3 is 7.32 Å². The van der Waals surface area contributed by atoms with Crippen LogP contribution < -0.4 is 0 Å². The summed E-state index contributed by atoms with van der Waals surface area (Å²) >= 11 is 0. The fourth-order valence-electron chi connectivity index (χ4n) is 2.99. The van der Waals surface area contributed by atoms with Crippen molar-refractivity contribution in [2.24, 2.45) is 0 Å². The van der Waals surface area contributed by atoms with Crippen LogP contribution >= 0.6 is 0 Å². The zero-order valence-electron chi connectivity index (χ0n) is 10.5. The van der Waals surface area contributed by atoms with E-state index in [-0.39, 0.29) is 11.2 Å². The summed E-state index contributed by atoms with van der Waals surface area (Å²) in [6.07, 6.45) is 8.91. The molecule has 2 aliphatic rings. The van der Waals surface area contributed by atoms with Crippen molar-refractivity contribution < 1.29 is 14.3 Å². The lowest BCUT2D eigenvalue weighted by molar-refractivity contribution is -0.0256. The van der Waals surface area contributed by atoms with Crippen LogP contribution in [0.4, 0.5) is 0 Å². The van der Waals surface area contributed by atoms with Crippen LogP contribution in [0, 0.1) is 0 Å². The molecule has 0 aromatic heterocycles. The van der Waals surface area contributed by atoms with Gasteiger partial charge in [0.2, 0.25) is 0 Å². The van der Waals surface area contributed by atoms with E-state index in [9.17, 15) is 5.02 Å². The van der Waals surface area contributed by atoms with Gasteiger partial charge in [0.05, 0.1) is 11.2 Å². The van der Waals surface area contributed by atoms with E-state index in [4.69, 9.17) is 9.31 Å². The van der Waals surface area contributed by atoms with Crippen molar-refractivity contribution in [2.45, 2.75) is 76.4 Å². The highest BCUT2D eigenvalue weighted by atomic mass is 16.7. The van der Waals surface area contributed by atoms with Crippen LogP contribution in [-0.2, 0) is 9.31 Å². The van der Waals surface area contributed by atoms with Gasteiger partial charge in [-0.25, -0.2) is 0 Å². The molecule has 0 radical (unpaired) electrons. The van der Waals surface area contributed by atoms with E-state index >= 15 is 0 Å².